The predicted octanol–water partition coefficient (Wildman–Crippen LogP) is 8.78. The second kappa shape index (κ2) is 11.0. The van der Waals surface area contributed by atoms with E-state index in [9.17, 15) is 0 Å². The number of hydrogen-bond acceptors (Lipinski definition) is 0. The third-order valence-electron chi connectivity index (χ3n) is 12.9. The van der Waals surface area contributed by atoms with Gasteiger partial charge in [-0.2, -0.15) is 17.8 Å². The van der Waals surface area contributed by atoms with Crippen molar-refractivity contribution >= 4 is 0 Å². The molecule has 17 unspecified atom stereocenters. The van der Waals surface area contributed by atoms with Crippen LogP contribution in [0, 0.1) is 114 Å². The monoisotopic (exact) mass is 517 g/mol. The quantitative estimate of drug-likeness (QED) is 0.282. The number of rotatable bonds is 0. The van der Waals surface area contributed by atoms with Gasteiger partial charge in [0.1, 0.15) is 0 Å². The van der Waals surface area contributed by atoms with Crippen LogP contribution in [0.2, 0.25) is 0 Å². The van der Waals surface area contributed by atoms with E-state index >= 15 is 0 Å². The molecule has 4 aliphatic carbocycles. The molecule has 0 nitrogen and oxygen atoms in total. The van der Waals surface area contributed by atoms with Gasteiger partial charge in [-0.3, -0.25) is 0 Å². The Kier molecular flexibility index (Phi) is 10.1. The van der Waals surface area contributed by atoms with Crippen LogP contribution in [0.3, 0.4) is 0 Å². The summed E-state index contributed by atoms with van der Waals surface area (Å²) < 4.78 is 0. The normalized spacial score (nSPS) is 59.3. The smallest absolute Gasteiger partial charge is 0 e. The van der Waals surface area contributed by atoms with E-state index in [1.165, 1.54) is 0 Å². The number of fused-ring (bicyclic) bond motifs is 2. The summed E-state index contributed by atoms with van der Waals surface area (Å²) in [6, 6.07) is 0. The molecule has 4 aliphatic rings. The zero-order valence-corrected chi connectivity index (χ0v) is 26.5. The Morgan fingerprint density at radius 1 is 0.406 bits per heavy atom. The van der Waals surface area contributed by atoms with Gasteiger partial charge >= 0.3 is 0 Å². The zero-order chi connectivity index (χ0) is 23.5. The summed E-state index contributed by atoms with van der Waals surface area (Å²) in [7, 11) is 0. The van der Waals surface area contributed by atoms with Gasteiger partial charge < -0.3 is 13.3 Å². The zero-order valence-electron chi connectivity index (χ0n) is 23.7. The molecule has 0 aromatic heterocycles. The van der Waals surface area contributed by atoms with E-state index in [-0.39, 0.29) is 32.7 Å². The first-order chi connectivity index (χ1) is 14.3. The second-order valence-electron chi connectivity index (χ2n) is 13.5. The molecule has 185 valence electrons. The number of hydrogen-bond donors (Lipinski definition) is 0. The second-order valence-corrected chi connectivity index (χ2v) is 13.5. The minimum atomic E-state index is 0. The van der Waals surface area contributed by atoms with Crippen LogP contribution in [0.5, 0.6) is 0 Å². The van der Waals surface area contributed by atoms with Crippen molar-refractivity contribution < 1.29 is 32.7 Å². The molecule has 1 radical (unpaired) electrons. The van der Waals surface area contributed by atoms with Gasteiger partial charge in [0, 0.05) is 32.7 Å². The van der Waals surface area contributed by atoms with E-state index in [1.807, 2.05) is 0 Å². The summed E-state index contributed by atoms with van der Waals surface area (Å²) in [6.07, 6.45) is 2.67. The molecule has 0 aliphatic heterocycles. The Hall–Kier alpha value is 1.10. The maximum atomic E-state index is 4.50. The summed E-state index contributed by atoms with van der Waals surface area (Å²) in [4.78, 5) is 0. The molecule has 4 saturated carbocycles. The van der Waals surface area contributed by atoms with Crippen LogP contribution < -0.4 is 0 Å². The fourth-order valence-electron chi connectivity index (χ4n) is 9.32. The molecule has 1 heteroatoms. The van der Waals surface area contributed by atoms with Gasteiger partial charge in [-0.25, -0.2) is 0 Å². The van der Waals surface area contributed by atoms with Crippen molar-refractivity contribution in [2.45, 2.75) is 83.1 Å². The van der Waals surface area contributed by atoms with E-state index in [2.05, 4.69) is 96.4 Å². The van der Waals surface area contributed by atoms with Crippen LogP contribution in [-0.2, 0) is 32.7 Å². The van der Waals surface area contributed by atoms with Gasteiger partial charge in [0.2, 0.25) is 0 Å². The molecule has 17 atom stereocenters. The molecule has 0 saturated heterocycles. The summed E-state index contributed by atoms with van der Waals surface area (Å²) in [5.41, 5.74) is 0. The third-order valence-corrected chi connectivity index (χ3v) is 12.9. The van der Waals surface area contributed by atoms with Crippen LogP contribution in [0.4, 0.5) is 0 Å². The molecule has 0 aromatic carbocycles. The molecule has 0 spiro atoms. The average Bonchev–Trinajstić information content (AvgIpc) is 3.16. The first-order valence-electron chi connectivity index (χ1n) is 14.0. The van der Waals surface area contributed by atoms with E-state index in [0.29, 0.717) is 5.92 Å². The molecule has 4 fully saturated rings. The van der Waals surface area contributed by atoms with E-state index < -0.39 is 0 Å². The van der Waals surface area contributed by atoms with Crippen molar-refractivity contribution in [1.29, 1.82) is 0 Å². The van der Waals surface area contributed by atoms with Crippen molar-refractivity contribution in [3.05, 3.63) is 13.3 Å². The fourth-order valence-corrected chi connectivity index (χ4v) is 9.32. The molecular formula is C31H56Y-2. The van der Waals surface area contributed by atoms with Crippen LogP contribution >= 0.6 is 0 Å². The van der Waals surface area contributed by atoms with Gasteiger partial charge in [-0.15, -0.1) is 0 Å². The largest absolute Gasteiger partial charge is 0.340 e. The maximum absolute atomic E-state index is 4.50. The van der Waals surface area contributed by atoms with E-state index in [4.69, 9.17) is 0 Å². The minimum absolute atomic E-state index is 0. The average molecular weight is 518 g/mol. The summed E-state index contributed by atoms with van der Waals surface area (Å²) in [5, 5.41) is 0. The standard InChI is InChI=1S/C16H29.C15H27.Y/c1-8-9(2)12(5)16-14(7)10(3)13(6)15(16)11(8)4;1-8-7-14-12(5)10(3)11(4)13(6)15(14)9(8)2;/h8-16H,6H2,1-5,7H3;7-15H,1-6H3;/q2*-1;. The van der Waals surface area contributed by atoms with E-state index in [0.717, 1.165) is 94.7 Å². The summed E-state index contributed by atoms with van der Waals surface area (Å²) in [6.45, 7) is 34.1. The van der Waals surface area contributed by atoms with Gasteiger partial charge in [-0.1, -0.05) is 113 Å². The SMILES string of the molecule is CC1[CH-]C2C(C)C(C)C(C)C(C)C2C1C.[CH2-]C1C(C)C(C)C2C(C)C(C)C(C)C(C)C12.[Y]. The van der Waals surface area contributed by atoms with Crippen LogP contribution in [0.25, 0.3) is 0 Å². The first kappa shape index (κ1) is 29.3. The van der Waals surface area contributed by atoms with Gasteiger partial charge in [0.05, 0.1) is 0 Å². The molecule has 0 bridgehead atoms. The molecule has 32 heavy (non-hydrogen) atoms. The first-order valence-corrected chi connectivity index (χ1v) is 14.0. The Morgan fingerprint density at radius 3 is 1.28 bits per heavy atom. The minimum Gasteiger partial charge on any atom is -0.340 e. The topological polar surface area (TPSA) is 0 Å². The Bertz CT molecular complexity index is 573. The third kappa shape index (κ3) is 4.74. The van der Waals surface area contributed by atoms with Crippen molar-refractivity contribution in [1.82, 2.24) is 0 Å². The molecule has 0 N–H and O–H groups in total. The Balaban J connectivity index is 0.000000220. The molecular weight excluding hydrogens is 461 g/mol. The maximum Gasteiger partial charge on any atom is 0 e. The fraction of sp³-hybridized carbons (Fsp3) is 0.935. The van der Waals surface area contributed by atoms with Crippen LogP contribution in [0.1, 0.15) is 83.1 Å². The van der Waals surface area contributed by atoms with Crippen LogP contribution in [0.15, 0.2) is 0 Å². The molecule has 0 aromatic rings. The Labute approximate surface area is 228 Å². The molecule has 0 heterocycles. The van der Waals surface area contributed by atoms with Crippen molar-refractivity contribution in [2.24, 2.45) is 101 Å². The van der Waals surface area contributed by atoms with Gasteiger partial charge in [0.25, 0.3) is 0 Å². The van der Waals surface area contributed by atoms with Gasteiger partial charge in [-0.05, 0) is 53.3 Å². The summed E-state index contributed by atoms with van der Waals surface area (Å²) >= 11 is 0. The predicted molar refractivity (Wildman–Crippen MR) is 137 cm³/mol. The Morgan fingerprint density at radius 2 is 0.781 bits per heavy atom. The van der Waals surface area contributed by atoms with Crippen molar-refractivity contribution in [3.8, 4) is 0 Å². The van der Waals surface area contributed by atoms with Crippen LogP contribution in [-0.4, -0.2) is 0 Å². The van der Waals surface area contributed by atoms with Crippen molar-refractivity contribution in [3.63, 3.8) is 0 Å². The molecule has 4 rings (SSSR count). The summed E-state index contributed by atoms with van der Waals surface area (Å²) in [5.74, 6) is 14.9. The molecule has 0 amide bonds. The van der Waals surface area contributed by atoms with E-state index in [1.54, 1.807) is 0 Å². The van der Waals surface area contributed by atoms with Gasteiger partial charge in [0.15, 0.2) is 0 Å². The van der Waals surface area contributed by atoms with Crippen molar-refractivity contribution in [2.75, 3.05) is 0 Å².